The average molecular weight is 193 g/mol. The summed E-state index contributed by atoms with van der Waals surface area (Å²) in [5, 5.41) is 2.60. The van der Waals surface area contributed by atoms with Crippen LogP contribution >= 0.6 is 0 Å². The zero-order valence-corrected chi connectivity index (χ0v) is 8.16. The summed E-state index contributed by atoms with van der Waals surface area (Å²) in [6.45, 7) is 2.20. The van der Waals surface area contributed by atoms with E-state index in [1.54, 1.807) is 19.1 Å². The van der Waals surface area contributed by atoms with Gasteiger partial charge in [-0.3, -0.25) is 4.79 Å². The third-order valence-electron chi connectivity index (χ3n) is 1.81. The monoisotopic (exact) mass is 193 g/mol. The first-order valence-electron chi connectivity index (χ1n) is 4.49. The number of hydrogen-bond acceptors (Lipinski definition) is 3. The van der Waals surface area contributed by atoms with Crippen molar-refractivity contribution in [2.45, 2.75) is 19.6 Å². The van der Waals surface area contributed by atoms with Crippen molar-refractivity contribution in [1.82, 2.24) is 5.32 Å². The van der Waals surface area contributed by atoms with Crippen LogP contribution in [0.4, 0.5) is 0 Å². The summed E-state index contributed by atoms with van der Waals surface area (Å²) in [5.74, 6) is -0.163. The largest absolute Gasteiger partial charge is 0.337 e. The lowest BCUT2D eigenvalue weighted by atomic mass is 10.1. The predicted octanol–water partition coefficient (Wildman–Crippen LogP) is 0.180. The number of benzene rings is 1. The lowest BCUT2D eigenvalue weighted by Crippen LogP contribution is -2.38. The fourth-order valence-corrected chi connectivity index (χ4v) is 1.08. The maximum absolute atomic E-state index is 11.4. The smallest absolute Gasteiger partial charge is 0.252 e. The first kappa shape index (κ1) is 10.7. The second kappa shape index (κ2) is 4.74. The number of amides is 1. The van der Waals surface area contributed by atoms with E-state index in [-0.39, 0.29) is 12.1 Å². The van der Waals surface area contributed by atoms with Crippen LogP contribution in [0.25, 0.3) is 0 Å². The summed E-state index contributed by atoms with van der Waals surface area (Å²) in [5.41, 5.74) is 12.5. The summed E-state index contributed by atoms with van der Waals surface area (Å²) < 4.78 is 0. The molecule has 0 aliphatic rings. The fraction of sp³-hybridized carbons (Fsp3) is 0.300. The van der Waals surface area contributed by atoms with Crippen molar-refractivity contribution in [3.8, 4) is 0 Å². The minimum Gasteiger partial charge on any atom is -0.337 e. The van der Waals surface area contributed by atoms with Crippen LogP contribution in [-0.2, 0) is 6.54 Å². The summed E-state index contributed by atoms with van der Waals surface area (Å²) in [7, 11) is 0. The van der Waals surface area contributed by atoms with Crippen molar-refractivity contribution in [2.75, 3.05) is 0 Å². The molecule has 0 aromatic heterocycles. The van der Waals surface area contributed by atoms with Crippen molar-refractivity contribution < 1.29 is 4.79 Å². The van der Waals surface area contributed by atoms with E-state index in [9.17, 15) is 4.79 Å². The Morgan fingerprint density at radius 1 is 1.43 bits per heavy atom. The maximum Gasteiger partial charge on any atom is 0.252 e. The van der Waals surface area contributed by atoms with Gasteiger partial charge in [-0.2, -0.15) is 0 Å². The Labute approximate surface area is 83.3 Å². The van der Waals surface area contributed by atoms with Crippen LogP contribution in [-0.4, -0.2) is 12.1 Å². The summed E-state index contributed by atoms with van der Waals surface area (Å²) in [6, 6.07) is 7.13. The number of nitrogens with one attached hydrogen (secondary N) is 1. The lowest BCUT2D eigenvalue weighted by Gasteiger charge is -2.08. The molecule has 1 aromatic carbocycles. The molecule has 5 N–H and O–H groups in total. The van der Waals surface area contributed by atoms with Crippen LogP contribution in [0.1, 0.15) is 22.8 Å². The highest BCUT2D eigenvalue weighted by molar-refractivity contribution is 5.94. The van der Waals surface area contributed by atoms with Gasteiger partial charge in [0.25, 0.3) is 5.91 Å². The molecular weight excluding hydrogens is 178 g/mol. The van der Waals surface area contributed by atoms with Gasteiger partial charge in [0.05, 0.1) is 6.17 Å². The molecule has 14 heavy (non-hydrogen) atoms. The van der Waals surface area contributed by atoms with Crippen LogP contribution in [0.15, 0.2) is 24.3 Å². The number of carbonyl (C=O) groups is 1. The summed E-state index contributed by atoms with van der Waals surface area (Å²) in [6.07, 6.45) is -0.336. The molecule has 0 heterocycles. The van der Waals surface area contributed by atoms with E-state index in [0.717, 1.165) is 5.56 Å². The van der Waals surface area contributed by atoms with Gasteiger partial charge >= 0.3 is 0 Å². The van der Waals surface area contributed by atoms with Crippen molar-refractivity contribution in [3.63, 3.8) is 0 Å². The highest BCUT2D eigenvalue weighted by Crippen LogP contribution is 2.03. The standard InChI is InChI=1S/C10H15N3O/c1-7(12)13-10(14)9-4-2-8(6-11)3-5-9/h2-5,7H,6,11-12H2,1H3,(H,13,14). The van der Waals surface area contributed by atoms with Gasteiger partial charge in [-0.25, -0.2) is 0 Å². The zero-order valence-electron chi connectivity index (χ0n) is 8.16. The molecule has 0 aliphatic heterocycles. The topological polar surface area (TPSA) is 81.1 Å². The van der Waals surface area contributed by atoms with Gasteiger partial charge in [0.1, 0.15) is 0 Å². The maximum atomic E-state index is 11.4. The lowest BCUT2D eigenvalue weighted by molar-refractivity contribution is 0.0941. The van der Waals surface area contributed by atoms with Gasteiger partial charge in [0.2, 0.25) is 0 Å². The Hall–Kier alpha value is -1.39. The van der Waals surface area contributed by atoms with Crippen molar-refractivity contribution in [1.29, 1.82) is 0 Å². The van der Waals surface area contributed by atoms with Crippen LogP contribution in [0.5, 0.6) is 0 Å². The molecule has 0 aliphatic carbocycles. The van der Waals surface area contributed by atoms with E-state index in [4.69, 9.17) is 11.5 Å². The van der Waals surface area contributed by atoms with Gasteiger partial charge in [0, 0.05) is 12.1 Å². The minimum atomic E-state index is -0.336. The molecule has 1 aromatic rings. The van der Waals surface area contributed by atoms with E-state index in [1.165, 1.54) is 0 Å². The van der Waals surface area contributed by atoms with E-state index in [0.29, 0.717) is 12.1 Å². The molecule has 1 rings (SSSR count). The predicted molar refractivity (Wildman–Crippen MR) is 55.4 cm³/mol. The second-order valence-corrected chi connectivity index (χ2v) is 3.16. The highest BCUT2D eigenvalue weighted by Gasteiger charge is 2.05. The molecule has 0 saturated carbocycles. The van der Waals surface area contributed by atoms with Crippen LogP contribution in [0, 0.1) is 0 Å². The number of hydrogen-bond donors (Lipinski definition) is 3. The first-order chi connectivity index (χ1) is 6.63. The number of carbonyl (C=O) groups excluding carboxylic acids is 1. The zero-order chi connectivity index (χ0) is 10.6. The highest BCUT2D eigenvalue weighted by atomic mass is 16.1. The fourth-order valence-electron chi connectivity index (χ4n) is 1.08. The molecule has 76 valence electrons. The van der Waals surface area contributed by atoms with Gasteiger partial charge < -0.3 is 16.8 Å². The van der Waals surface area contributed by atoms with E-state index < -0.39 is 0 Å². The first-order valence-corrected chi connectivity index (χ1v) is 4.49. The molecule has 4 nitrogen and oxygen atoms in total. The normalized spacial score (nSPS) is 12.2. The molecular formula is C10H15N3O. The molecule has 4 heteroatoms. The van der Waals surface area contributed by atoms with Gasteiger partial charge in [-0.05, 0) is 24.6 Å². The molecule has 1 amide bonds. The molecule has 0 bridgehead atoms. The molecule has 1 atom stereocenters. The average Bonchev–Trinajstić information content (AvgIpc) is 2.17. The third-order valence-corrected chi connectivity index (χ3v) is 1.81. The van der Waals surface area contributed by atoms with Crippen molar-refractivity contribution >= 4 is 5.91 Å². The van der Waals surface area contributed by atoms with Crippen molar-refractivity contribution in [2.24, 2.45) is 11.5 Å². The number of nitrogens with two attached hydrogens (primary N) is 2. The Morgan fingerprint density at radius 2 is 2.00 bits per heavy atom. The second-order valence-electron chi connectivity index (χ2n) is 3.16. The Balaban J connectivity index is 2.71. The summed E-state index contributed by atoms with van der Waals surface area (Å²) >= 11 is 0. The van der Waals surface area contributed by atoms with Crippen molar-refractivity contribution in [3.05, 3.63) is 35.4 Å². The van der Waals surface area contributed by atoms with E-state index >= 15 is 0 Å². The van der Waals surface area contributed by atoms with Gasteiger partial charge in [-0.15, -0.1) is 0 Å². The molecule has 0 fully saturated rings. The number of rotatable bonds is 3. The van der Waals surface area contributed by atoms with Gasteiger partial charge in [-0.1, -0.05) is 12.1 Å². The molecule has 0 saturated heterocycles. The quantitative estimate of drug-likeness (QED) is 0.599. The van der Waals surface area contributed by atoms with Crippen LogP contribution in [0.3, 0.4) is 0 Å². The Kier molecular flexibility index (Phi) is 3.62. The van der Waals surface area contributed by atoms with E-state index in [1.807, 2.05) is 12.1 Å². The van der Waals surface area contributed by atoms with E-state index in [2.05, 4.69) is 5.32 Å². The third kappa shape index (κ3) is 2.83. The van der Waals surface area contributed by atoms with Crippen LogP contribution < -0.4 is 16.8 Å². The molecule has 0 radical (unpaired) electrons. The molecule has 0 spiro atoms. The summed E-state index contributed by atoms with van der Waals surface area (Å²) in [4.78, 5) is 11.4. The Bertz CT molecular complexity index is 306. The Morgan fingerprint density at radius 3 is 2.43 bits per heavy atom. The van der Waals surface area contributed by atoms with Gasteiger partial charge in [0.15, 0.2) is 0 Å². The molecule has 1 unspecified atom stereocenters. The minimum absolute atomic E-state index is 0.163. The van der Waals surface area contributed by atoms with Crippen LogP contribution in [0.2, 0.25) is 0 Å². The SMILES string of the molecule is CC(N)NC(=O)c1ccc(CN)cc1.